The third-order valence-corrected chi connectivity index (χ3v) is 2.58. The van der Waals surface area contributed by atoms with Crippen LogP contribution in [0.4, 0.5) is 10.6 Å². The van der Waals surface area contributed by atoms with Gasteiger partial charge in [0.2, 0.25) is 0 Å². The molecule has 128 valence electrons. The quantitative estimate of drug-likeness (QED) is 0.551. The average molecular weight is 324 g/mol. The maximum Gasteiger partial charge on any atom is 0.407 e. The summed E-state index contributed by atoms with van der Waals surface area (Å²) >= 11 is 0. The van der Waals surface area contributed by atoms with Crippen LogP contribution in [0.15, 0.2) is 6.20 Å². The van der Waals surface area contributed by atoms with Gasteiger partial charge >= 0.3 is 6.09 Å². The molecule has 0 aromatic carbocycles. The monoisotopic (exact) mass is 324 g/mol. The fraction of sp³-hybridized carbons (Fsp3) is 0.600. The predicted octanol–water partition coefficient (Wildman–Crippen LogP) is 1.44. The highest BCUT2D eigenvalue weighted by Gasteiger charge is 2.15. The Morgan fingerprint density at radius 2 is 2.09 bits per heavy atom. The number of nitrogens with one attached hydrogen (secondary N) is 2. The Hall–Kier alpha value is -2.38. The van der Waals surface area contributed by atoms with Crippen LogP contribution in [0.2, 0.25) is 0 Å². The van der Waals surface area contributed by atoms with Gasteiger partial charge in [-0.05, 0) is 27.7 Å². The molecule has 1 rings (SSSR count). The number of aryl methyl sites for hydroxylation is 1. The Balaban J connectivity index is 2.45. The highest BCUT2D eigenvalue weighted by Crippen LogP contribution is 2.11. The number of aromatic nitrogens is 2. The van der Waals surface area contributed by atoms with Crippen molar-refractivity contribution >= 4 is 18.4 Å². The van der Waals surface area contributed by atoms with E-state index in [9.17, 15) is 9.59 Å². The normalized spacial score (nSPS) is 10.8. The number of anilines is 1. The van der Waals surface area contributed by atoms with Crippen LogP contribution in [-0.2, 0) is 20.7 Å². The van der Waals surface area contributed by atoms with Crippen molar-refractivity contribution in [3.8, 4) is 0 Å². The van der Waals surface area contributed by atoms with Crippen LogP contribution in [0.5, 0.6) is 0 Å². The van der Waals surface area contributed by atoms with Gasteiger partial charge in [-0.25, -0.2) is 9.78 Å². The number of hydrogen-bond acceptors (Lipinski definition) is 7. The Labute approximate surface area is 136 Å². The number of ether oxygens (including phenoxy) is 2. The minimum absolute atomic E-state index is 0.242. The molecule has 0 bridgehead atoms. The van der Waals surface area contributed by atoms with E-state index in [1.54, 1.807) is 27.0 Å². The molecule has 0 aliphatic carbocycles. The van der Waals surface area contributed by atoms with Gasteiger partial charge < -0.3 is 20.1 Å². The lowest BCUT2D eigenvalue weighted by atomic mass is 10.2. The van der Waals surface area contributed by atoms with Crippen molar-refractivity contribution in [2.45, 2.75) is 39.7 Å². The number of amides is 1. The summed E-state index contributed by atoms with van der Waals surface area (Å²) in [5.74, 6) is 0.616. The smallest absolute Gasteiger partial charge is 0.407 e. The van der Waals surface area contributed by atoms with Gasteiger partial charge in [-0.3, -0.25) is 9.78 Å². The third-order valence-electron chi connectivity index (χ3n) is 2.58. The van der Waals surface area contributed by atoms with E-state index in [2.05, 4.69) is 25.3 Å². The molecular formula is C15H24N4O4. The summed E-state index contributed by atoms with van der Waals surface area (Å²) in [7, 11) is 0. The summed E-state index contributed by atoms with van der Waals surface area (Å²) in [5, 5.41) is 5.76. The molecule has 8 heteroatoms. The predicted molar refractivity (Wildman–Crippen MR) is 85.2 cm³/mol. The molecule has 0 saturated carbocycles. The SMILES string of the molecule is Cc1cnc(CCOC=O)c(NCCNC(=O)OC(C)(C)C)n1. The Kier molecular flexibility index (Phi) is 7.24. The topological polar surface area (TPSA) is 102 Å². The lowest BCUT2D eigenvalue weighted by molar-refractivity contribution is -0.128. The second kappa shape index (κ2) is 8.92. The molecule has 0 fully saturated rings. The van der Waals surface area contributed by atoms with Crippen molar-refractivity contribution < 1.29 is 19.1 Å². The van der Waals surface area contributed by atoms with E-state index < -0.39 is 11.7 Å². The van der Waals surface area contributed by atoms with Gasteiger partial charge in [0.05, 0.1) is 18.0 Å². The lowest BCUT2D eigenvalue weighted by Gasteiger charge is -2.19. The molecule has 1 aromatic heterocycles. The first-order valence-electron chi connectivity index (χ1n) is 7.40. The van der Waals surface area contributed by atoms with Crippen molar-refractivity contribution in [3.05, 3.63) is 17.6 Å². The minimum Gasteiger partial charge on any atom is -0.467 e. The molecule has 0 atom stereocenters. The van der Waals surface area contributed by atoms with Gasteiger partial charge in [0.1, 0.15) is 11.4 Å². The van der Waals surface area contributed by atoms with Gasteiger partial charge in [-0.2, -0.15) is 0 Å². The van der Waals surface area contributed by atoms with Crippen LogP contribution in [0.25, 0.3) is 0 Å². The van der Waals surface area contributed by atoms with Crippen LogP contribution in [0, 0.1) is 6.92 Å². The largest absolute Gasteiger partial charge is 0.467 e. The number of hydrogen-bond donors (Lipinski definition) is 2. The molecule has 1 amide bonds. The molecule has 0 aliphatic rings. The fourth-order valence-electron chi connectivity index (χ4n) is 1.69. The molecule has 2 N–H and O–H groups in total. The van der Waals surface area contributed by atoms with Gasteiger partial charge in [0.25, 0.3) is 6.47 Å². The Morgan fingerprint density at radius 1 is 1.35 bits per heavy atom. The maximum absolute atomic E-state index is 11.5. The zero-order valence-electron chi connectivity index (χ0n) is 14.0. The van der Waals surface area contributed by atoms with E-state index >= 15 is 0 Å². The summed E-state index contributed by atoms with van der Waals surface area (Å²) in [6.45, 7) is 8.75. The van der Waals surface area contributed by atoms with E-state index in [4.69, 9.17) is 4.74 Å². The zero-order valence-corrected chi connectivity index (χ0v) is 14.0. The number of rotatable bonds is 8. The fourth-order valence-corrected chi connectivity index (χ4v) is 1.69. The van der Waals surface area contributed by atoms with Crippen molar-refractivity contribution in [1.82, 2.24) is 15.3 Å². The Bertz CT molecular complexity index is 529. The van der Waals surface area contributed by atoms with E-state index in [1.807, 2.05) is 6.92 Å². The molecule has 0 unspecified atom stereocenters. The highest BCUT2D eigenvalue weighted by molar-refractivity contribution is 5.67. The van der Waals surface area contributed by atoms with Crippen molar-refractivity contribution in [2.75, 3.05) is 25.0 Å². The number of nitrogens with zero attached hydrogens (tertiary/aromatic N) is 2. The zero-order chi connectivity index (χ0) is 17.3. The first-order chi connectivity index (χ1) is 10.8. The summed E-state index contributed by atoms with van der Waals surface area (Å²) in [4.78, 5) is 30.4. The highest BCUT2D eigenvalue weighted by atomic mass is 16.6. The minimum atomic E-state index is -0.523. The summed E-state index contributed by atoms with van der Waals surface area (Å²) in [5.41, 5.74) is 0.952. The first-order valence-corrected chi connectivity index (χ1v) is 7.40. The van der Waals surface area contributed by atoms with Crippen LogP contribution >= 0.6 is 0 Å². The van der Waals surface area contributed by atoms with E-state index in [1.165, 1.54) is 0 Å². The molecule has 1 aromatic rings. The second-order valence-electron chi connectivity index (χ2n) is 5.88. The molecule has 8 nitrogen and oxygen atoms in total. The third kappa shape index (κ3) is 7.98. The number of carbonyl (C=O) groups excluding carboxylic acids is 2. The second-order valence-corrected chi connectivity index (χ2v) is 5.88. The summed E-state index contributed by atoms with van der Waals surface area (Å²) in [6.07, 6.45) is 1.66. The van der Waals surface area contributed by atoms with E-state index in [0.717, 1.165) is 5.69 Å². The van der Waals surface area contributed by atoms with Crippen molar-refractivity contribution in [1.29, 1.82) is 0 Å². The first kappa shape index (κ1) is 18.7. The molecule has 0 radical (unpaired) electrons. The van der Waals surface area contributed by atoms with Gasteiger partial charge in [-0.1, -0.05) is 0 Å². The average Bonchev–Trinajstić information content (AvgIpc) is 2.44. The van der Waals surface area contributed by atoms with Crippen molar-refractivity contribution in [3.63, 3.8) is 0 Å². The van der Waals surface area contributed by atoms with E-state index in [-0.39, 0.29) is 6.61 Å². The van der Waals surface area contributed by atoms with Crippen LogP contribution in [0.3, 0.4) is 0 Å². The molecule has 0 spiro atoms. The lowest BCUT2D eigenvalue weighted by Crippen LogP contribution is -2.35. The standard InChI is InChI=1S/C15H24N4O4/c1-11-9-18-12(5-8-22-10-20)13(19-11)16-6-7-17-14(21)23-15(2,3)4/h9-10H,5-8H2,1-4H3,(H,16,19)(H,17,21). The van der Waals surface area contributed by atoms with Gasteiger partial charge in [0, 0.05) is 25.7 Å². The van der Waals surface area contributed by atoms with Gasteiger partial charge in [-0.15, -0.1) is 0 Å². The Morgan fingerprint density at radius 3 is 2.74 bits per heavy atom. The van der Waals surface area contributed by atoms with Crippen LogP contribution in [-0.4, -0.2) is 47.8 Å². The number of carbonyl (C=O) groups is 2. The molecule has 0 saturated heterocycles. The molecular weight excluding hydrogens is 300 g/mol. The maximum atomic E-state index is 11.5. The summed E-state index contributed by atoms with van der Waals surface area (Å²) in [6, 6.07) is 0. The van der Waals surface area contributed by atoms with Gasteiger partial charge in [0.15, 0.2) is 0 Å². The number of alkyl carbamates (subject to hydrolysis) is 1. The van der Waals surface area contributed by atoms with E-state index in [0.29, 0.717) is 37.5 Å². The molecule has 1 heterocycles. The van der Waals surface area contributed by atoms with Crippen molar-refractivity contribution in [2.24, 2.45) is 0 Å². The van der Waals surface area contributed by atoms with Crippen LogP contribution in [0.1, 0.15) is 32.2 Å². The van der Waals surface area contributed by atoms with Crippen LogP contribution < -0.4 is 10.6 Å². The summed E-state index contributed by atoms with van der Waals surface area (Å²) < 4.78 is 9.82. The molecule has 23 heavy (non-hydrogen) atoms. The molecule has 0 aliphatic heterocycles.